The molecule has 0 aliphatic heterocycles. The van der Waals surface area contributed by atoms with Crippen LogP contribution >= 0.6 is 23.4 Å². The van der Waals surface area contributed by atoms with Gasteiger partial charge in [-0.25, -0.2) is 4.98 Å². The molecular formula is C10H14ClN3OS. The number of nitrogen functional groups attached to an aromatic ring is 1. The summed E-state index contributed by atoms with van der Waals surface area (Å²) in [4.78, 5) is 15.6. The molecule has 0 fully saturated rings. The lowest BCUT2D eigenvalue weighted by atomic mass is 10.2. The van der Waals surface area contributed by atoms with Gasteiger partial charge in [0.15, 0.2) is 0 Å². The van der Waals surface area contributed by atoms with Crippen LogP contribution < -0.4 is 11.1 Å². The molecule has 0 aromatic carbocycles. The van der Waals surface area contributed by atoms with Crippen LogP contribution in [0.4, 0.5) is 5.82 Å². The van der Waals surface area contributed by atoms with E-state index in [4.69, 9.17) is 17.3 Å². The smallest absolute Gasteiger partial charge is 0.253 e. The molecule has 1 aromatic heterocycles. The monoisotopic (exact) mass is 259 g/mol. The lowest BCUT2D eigenvalue weighted by Gasteiger charge is -2.12. The number of aromatic nitrogens is 1. The second-order valence-electron chi connectivity index (χ2n) is 3.42. The Morgan fingerprint density at radius 1 is 1.75 bits per heavy atom. The first-order chi connectivity index (χ1) is 7.54. The molecule has 1 rings (SSSR count). The van der Waals surface area contributed by atoms with Crippen LogP contribution in [0.5, 0.6) is 0 Å². The normalized spacial score (nSPS) is 12.2. The molecule has 0 aliphatic carbocycles. The van der Waals surface area contributed by atoms with E-state index in [2.05, 4.69) is 10.3 Å². The topological polar surface area (TPSA) is 68.0 Å². The SMILES string of the molecule is CSCC(C)NC(=O)c1cnc(N)c(Cl)c1. The first-order valence-corrected chi connectivity index (χ1v) is 6.52. The fourth-order valence-electron chi connectivity index (χ4n) is 1.17. The van der Waals surface area contributed by atoms with Crippen molar-refractivity contribution < 1.29 is 4.79 Å². The van der Waals surface area contributed by atoms with Gasteiger partial charge in [-0.2, -0.15) is 11.8 Å². The number of anilines is 1. The summed E-state index contributed by atoms with van der Waals surface area (Å²) in [7, 11) is 0. The Balaban J connectivity index is 2.69. The van der Waals surface area contributed by atoms with Gasteiger partial charge in [0, 0.05) is 18.0 Å². The Hall–Kier alpha value is -0.940. The van der Waals surface area contributed by atoms with Crippen LogP contribution in [0.3, 0.4) is 0 Å². The molecular weight excluding hydrogens is 246 g/mol. The highest BCUT2D eigenvalue weighted by molar-refractivity contribution is 7.98. The molecule has 1 amide bonds. The van der Waals surface area contributed by atoms with Gasteiger partial charge >= 0.3 is 0 Å². The average Bonchev–Trinajstić information content (AvgIpc) is 2.22. The second kappa shape index (κ2) is 5.96. The second-order valence-corrected chi connectivity index (χ2v) is 4.74. The first-order valence-electron chi connectivity index (χ1n) is 4.75. The number of amides is 1. The number of carbonyl (C=O) groups excluding carboxylic acids is 1. The quantitative estimate of drug-likeness (QED) is 0.865. The predicted molar refractivity (Wildman–Crippen MR) is 69.0 cm³/mol. The van der Waals surface area contributed by atoms with Crippen molar-refractivity contribution in [1.82, 2.24) is 10.3 Å². The number of rotatable bonds is 4. The third-order valence-electron chi connectivity index (χ3n) is 1.93. The van der Waals surface area contributed by atoms with Crippen LogP contribution in [-0.2, 0) is 0 Å². The summed E-state index contributed by atoms with van der Waals surface area (Å²) >= 11 is 7.46. The van der Waals surface area contributed by atoms with Gasteiger partial charge in [-0.15, -0.1) is 0 Å². The van der Waals surface area contributed by atoms with Crippen molar-refractivity contribution in [3.05, 3.63) is 22.8 Å². The van der Waals surface area contributed by atoms with E-state index in [1.165, 1.54) is 12.3 Å². The van der Waals surface area contributed by atoms with E-state index in [-0.39, 0.29) is 17.8 Å². The van der Waals surface area contributed by atoms with E-state index in [1.54, 1.807) is 11.8 Å². The minimum Gasteiger partial charge on any atom is -0.382 e. The summed E-state index contributed by atoms with van der Waals surface area (Å²) < 4.78 is 0. The summed E-state index contributed by atoms with van der Waals surface area (Å²) in [6, 6.07) is 1.63. The van der Waals surface area contributed by atoms with Crippen LogP contribution in [0.1, 0.15) is 17.3 Å². The van der Waals surface area contributed by atoms with E-state index < -0.39 is 0 Å². The molecule has 1 unspecified atom stereocenters. The molecule has 1 aromatic rings. The largest absolute Gasteiger partial charge is 0.382 e. The Bertz CT molecular complexity index is 386. The van der Waals surface area contributed by atoms with E-state index in [1.807, 2.05) is 13.2 Å². The van der Waals surface area contributed by atoms with Crippen LogP contribution in [-0.4, -0.2) is 28.9 Å². The highest BCUT2D eigenvalue weighted by Gasteiger charge is 2.11. The number of carbonyl (C=O) groups is 1. The molecule has 1 heterocycles. The number of nitrogens with zero attached hydrogens (tertiary/aromatic N) is 1. The van der Waals surface area contributed by atoms with Crippen LogP contribution in [0.2, 0.25) is 5.02 Å². The van der Waals surface area contributed by atoms with E-state index in [9.17, 15) is 4.79 Å². The Kier molecular flexibility index (Phi) is 4.89. The van der Waals surface area contributed by atoms with Gasteiger partial charge in [0.25, 0.3) is 5.91 Å². The Morgan fingerprint density at radius 2 is 2.44 bits per heavy atom. The highest BCUT2D eigenvalue weighted by Crippen LogP contribution is 2.16. The van der Waals surface area contributed by atoms with Crippen LogP contribution in [0, 0.1) is 0 Å². The van der Waals surface area contributed by atoms with Crippen molar-refractivity contribution in [2.24, 2.45) is 0 Å². The standard InChI is InChI=1S/C10H14ClN3OS/c1-6(5-16-2)14-10(15)7-3-8(11)9(12)13-4-7/h3-4,6H,5H2,1-2H3,(H2,12,13)(H,14,15). The number of hydrogen-bond acceptors (Lipinski definition) is 4. The zero-order valence-electron chi connectivity index (χ0n) is 9.16. The summed E-state index contributed by atoms with van der Waals surface area (Å²) in [5.74, 6) is 0.910. The number of nitrogens with two attached hydrogens (primary N) is 1. The molecule has 16 heavy (non-hydrogen) atoms. The van der Waals surface area contributed by atoms with Gasteiger partial charge in [0.2, 0.25) is 0 Å². The molecule has 0 saturated carbocycles. The van der Waals surface area contributed by atoms with E-state index >= 15 is 0 Å². The molecule has 4 nitrogen and oxygen atoms in total. The molecule has 0 bridgehead atoms. The predicted octanol–water partition coefficient (Wildman–Crippen LogP) is 1.80. The third-order valence-corrected chi connectivity index (χ3v) is 3.06. The maximum Gasteiger partial charge on any atom is 0.253 e. The number of pyridine rings is 1. The Morgan fingerprint density at radius 3 is 3.00 bits per heavy atom. The van der Waals surface area contributed by atoms with Crippen molar-refractivity contribution >= 4 is 35.1 Å². The minimum atomic E-state index is -0.184. The summed E-state index contributed by atoms with van der Waals surface area (Å²) in [6.45, 7) is 1.95. The van der Waals surface area contributed by atoms with Crippen molar-refractivity contribution in [2.75, 3.05) is 17.7 Å². The summed E-state index contributed by atoms with van der Waals surface area (Å²) in [6.07, 6.45) is 3.41. The first kappa shape index (κ1) is 13.1. The van der Waals surface area contributed by atoms with Gasteiger partial charge in [-0.1, -0.05) is 11.6 Å². The molecule has 0 radical (unpaired) electrons. The van der Waals surface area contributed by atoms with Crippen molar-refractivity contribution in [3.8, 4) is 0 Å². The molecule has 6 heteroatoms. The number of hydrogen-bond donors (Lipinski definition) is 2. The number of halogens is 1. The molecule has 88 valence electrons. The van der Waals surface area contributed by atoms with Crippen molar-refractivity contribution in [3.63, 3.8) is 0 Å². The summed E-state index contributed by atoms with van der Waals surface area (Å²) in [5, 5.41) is 3.14. The zero-order valence-corrected chi connectivity index (χ0v) is 10.7. The Labute approximate surface area is 104 Å². The maximum absolute atomic E-state index is 11.7. The molecule has 3 N–H and O–H groups in total. The van der Waals surface area contributed by atoms with Gasteiger partial charge in [0.1, 0.15) is 5.82 Å². The lowest BCUT2D eigenvalue weighted by Crippen LogP contribution is -2.34. The summed E-state index contributed by atoms with van der Waals surface area (Å²) in [5.41, 5.74) is 5.88. The molecule has 0 spiro atoms. The third kappa shape index (κ3) is 3.57. The highest BCUT2D eigenvalue weighted by atomic mass is 35.5. The number of thioether (sulfide) groups is 1. The van der Waals surface area contributed by atoms with Gasteiger partial charge in [0.05, 0.1) is 10.6 Å². The number of nitrogens with one attached hydrogen (secondary N) is 1. The van der Waals surface area contributed by atoms with Crippen LogP contribution in [0.15, 0.2) is 12.3 Å². The van der Waals surface area contributed by atoms with Gasteiger partial charge in [-0.3, -0.25) is 4.79 Å². The average molecular weight is 260 g/mol. The molecule has 0 aliphatic rings. The molecule has 0 saturated heterocycles. The van der Waals surface area contributed by atoms with Crippen molar-refractivity contribution in [1.29, 1.82) is 0 Å². The maximum atomic E-state index is 11.7. The van der Waals surface area contributed by atoms with Crippen molar-refractivity contribution in [2.45, 2.75) is 13.0 Å². The fraction of sp³-hybridized carbons (Fsp3) is 0.400. The molecule has 1 atom stereocenters. The van der Waals surface area contributed by atoms with E-state index in [0.29, 0.717) is 10.6 Å². The van der Waals surface area contributed by atoms with Gasteiger partial charge in [-0.05, 0) is 19.2 Å². The zero-order chi connectivity index (χ0) is 12.1. The fourth-order valence-corrected chi connectivity index (χ4v) is 1.92. The minimum absolute atomic E-state index is 0.110. The lowest BCUT2D eigenvalue weighted by molar-refractivity contribution is 0.0943. The van der Waals surface area contributed by atoms with Gasteiger partial charge < -0.3 is 11.1 Å². The van der Waals surface area contributed by atoms with E-state index in [0.717, 1.165) is 5.75 Å². The van der Waals surface area contributed by atoms with Crippen LogP contribution in [0.25, 0.3) is 0 Å².